The number of carbonyl (C=O) groups is 2. The largest absolute Gasteiger partial charge is 0.481 e. The average Bonchev–Trinajstić information content (AvgIpc) is 2.47. The Labute approximate surface area is 121 Å². The van der Waals surface area contributed by atoms with Crippen molar-refractivity contribution in [1.29, 1.82) is 0 Å². The summed E-state index contributed by atoms with van der Waals surface area (Å²) in [5.74, 6) is -0.830. The number of aromatic nitrogens is 2. The molecular weight excluding hydrogens is 274 g/mol. The molecule has 3 N–H and O–H groups in total. The minimum absolute atomic E-state index is 0.0688. The zero-order valence-electron chi connectivity index (χ0n) is 11.9. The van der Waals surface area contributed by atoms with Gasteiger partial charge < -0.3 is 15.4 Å². The van der Waals surface area contributed by atoms with Crippen molar-refractivity contribution in [1.82, 2.24) is 15.3 Å². The molecule has 1 amide bonds. The Bertz CT molecular complexity index is 568. The first-order valence-electron chi connectivity index (χ1n) is 6.99. The van der Waals surface area contributed by atoms with Crippen LogP contribution < -0.4 is 10.9 Å². The number of nitrogens with zero attached hydrogens (tertiary/aromatic N) is 1. The maximum absolute atomic E-state index is 11.9. The summed E-state index contributed by atoms with van der Waals surface area (Å²) in [5, 5.41) is 12.1. The maximum atomic E-state index is 11.9. The Morgan fingerprint density at radius 2 is 2.14 bits per heavy atom. The number of amides is 1. The average molecular weight is 293 g/mol. The molecule has 114 valence electrons. The van der Waals surface area contributed by atoms with Gasteiger partial charge in [-0.25, -0.2) is 4.98 Å². The second-order valence-electron chi connectivity index (χ2n) is 5.75. The third-order valence-electron chi connectivity index (χ3n) is 4.18. The molecule has 0 spiro atoms. The molecular formula is C14H19N3O4. The molecule has 7 heteroatoms. The molecule has 1 saturated carbocycles. The van der Waals surface area contributed by atoms with Crippen LogP contribution in [0.4, 0.5) is 0 Å². The van der Waals surface area contributed by atoms with Crippen LogP contribution in [-0.2, 0) is 4.79 Å². The number of hydrogen-bond donors (Lipinski definition) is 3. The molecule has 21 heavy (non-hydrogen) atoms. The van der Waals surface area contributed by atoms with Crippen molar-refractivity contribution in [3.63, 3.8) is 0 Å². The van der Waals surface area contributed by atoms with E-state index in [0.29, 0.717) is 18.8 Å². The fourth-order valence-corrected chi connectivity index (χ4v) is 2.59. The predicted octanol–water partition coefficient (Wildman–Crippen LogP) is 0.781. The van der Waals surface area contributed by atoms with Crippen LogP contribution in [0.25, 0.3) is 0 Å². The number of aliphatic carboxylic acids is 1. The minimum Gasteiger partial charge on any atom is -0.481 e. The highest BCUT2D eigenvalue weighted by molar-refractivity contribution is 5.92. The van der Waals surface area contributed by atoms with Crippen LogP contribution in [0.1, 0.15) is 43.1 Å². The number of aromatic amines is 1. The monoisotopic (exact) mass is 293 g/mol. The van der Waals surface area contributed by atoms with Crippen molar-refractivity contribution in [2.24, 2.45) is 11.3 Å². The summed E-state index contributed by atoms with van der Waals surface area (Å²) in [7, 11) is 0. The summed E-state index contributed by atoms with van der Waals surface area (Å²) in [6, 6.07) is 0. The minimum atomic E-state index is -0.898. The van der Waals surface area contributed by atoms with Gasteiger partial charge in [-0.2, -0.15) is 0 Å². The molecule has 2 rings (SSSR count). The van der Waals surface area contributed by atoms with E-state index >= 15 is 0 Å². The van der Waals surface area contributed by atoms with Crippen LogP contribution in [0.3, 0.4) is 0 Å². The van der Waals surface area contributed by atoms with E-state index < -0.39 is 22.9 Å². The lowest BCUT2D eigenvalue weighted by Crippen LogP contribution is -2.45. The van der Waals surface area contributed by atoms with E-state index in [4.69, 9.17) is 0 Å². The van der Waals surface area contributed by atoms with Crippen molar-refractivity contribution in [3.05, 3.63) is 28.4 Å². The number of carboxylic acid groups (broad SMARTS) is 1. The third kappa shape index (κ3) is 3.48. The Morgan fingerprint density at radius 3 is 2.67 bits per heavy atom. The topological polar surface area (TPSA) is 112 Å². The molecule has 0 radical (unpaired) electrons. The van der Waals surface area contributed by atoms with Crippen LogP contribution >= 0.6 is 0 Å². The second kappa shape index (κ2) is 6.07. The number of rotatable bonds is 4. The van der Waals surface area contributed by atoms with Crippen molar-refractivity contribution < 1.29 is 14.7 Å². The van der Waals surface area contributed by atoms with Crippen molar-refractivity contribution in [3.8, 4) is 0 Å². The van der Waals surface area contributed by atoms with Gasteiger partial charge in [-0.1, -0.05) is 6.92 Å². The zero-order chi connectivity index (χ0) is 15.5. The summed E-state index contributed by atoms with van der Waals surface area (Å²) in [5.41, 5.74) is -1.22. The first-order chi connectivity index (χ1) is 9.93. The lowest BCUT2D eigenvalue weighted by atomic mass is 9.71. The first kappa shape index (κ1) is 15.2. The fraction of sp³-hybridized carbons (Fsp3) is 0.571. The standard InChI is InChI=1S/C14H19N3O4/c1-9-2-4-14(5-3-9,13(20)21)8-17-12(19)10-6-16-11(18)7-15-10/h6-7,9H,2-5,8H2,1H3,(H,16,18)(H,17,19)(H,20,21). The summed E-state index contributed by atoms with van der Waals surface area (Å²) in [4.78, 5) is 40.5. The van der Waals surface area contributed by atoms with Gasteiger partial charge in [0.25, 0.3) is 11.5 Å². The van der Waals surface area contributed by atoms with Crippen molar-refractivity contribution >= 4 is 11.9 Å². The summed E-state index contributed by atoms with van der Waals surface area (Å²) < 4.78 is 0. The number of carbonyl (C=O) groups excluding carboxylic acids is 1. The van der Waals surface area contributed by atoms with E-state index in [2.05, 4.69) is 22.2 Å². The SMILES string of the molecule is CC1CCC(CNC(=O)c2c[nH]c(=O)cn2)(C(=O)O)CC1. The number of carboxylic acids is 1. The van der Waals surface area contributed by atoms with E-state index in [1.54, 1.807) is 0 Å². The van der Waals surface area contributed by atoms with Crippen molar-refractivity contribution in [2.45, 2.75) is 32.6 Å². The van der Waals surface area contributed by atoms with Crippen LogP contribution in [0.2, 0.25) is 0 Å². The summed E-state index contributed by atoms with van der Waals surface area (Å²) >= 11 is 0. The highest BCUT2D eigenvalue weighted by atomic mass is 16.4. The van der Waals surface area contributed by atoms with E-state index in [1.165, 1.54) is 6.20 Å². The van der Waals surface area contributed by atoms with Gasteiger partial charge in [0.05, 0.1) is 11.6 Å². The summed E-state index contributed by atoms with van der Waals surface area (Å²) in [6.45, 7) is 2.18. The van der Waals surface area contributed by atoms with Crippen LogP contribution in [-0.4, -0.2) is 33.5 Å². The van der Waals surface area contributed by atoms with Crippen molar-refractivity contribution in [2.75, 3.05) is 6.54 Å². The zero-order valence-corrected chi connectivity index (χ0v) is 11.9. The predicted molar refractivity (Wildman–Crippen MR) is 74.9 cm³/mol. The Hall–Kier alpha value is -2.18. The van der Waals surface area contributed by atoms with E-state index in [1.807, 2.05) is 0 Å². The maximum Gasteiger partial charge on any atom is 0.311 e. The van der Waals surface area contributed by atoms with E-state index in [-0.39, 0.29) is 12.2 Å². The summed E-state index contributed by atoms with van der Waals surface area (Å²) in [6.07, 6.45) is 5.04. The lowest BCUT2D eigenvalue weighted by molar-refractivity contribution is -0.151. The van der Waals surface area contributed by atoms with E-state index in [0.717, 1.165) is 19.0 Å². The van der Waals surface area contributed by atoms with Gasteiger partial charge in [0.2, 0.25) is 0 Å². The van der Waals surface area contributed by atoms with E-state index in [9.17, 15) is 19.5 Å². The quantitative estimate of drug-likeness (QED) is 0.759. The van der Waals surface area contributed by atoms with Crippen LogP contribution in [0, 0.1) is 11.3 Å². The number of nitrogens with one attached hydrogen (secondary N) is 2. The highest BCUT2D eigenvalue weighted by Crippen LogP contribution is 2.38. The Balaban J connectivity index is 2.02. The molecule has 0 bridgehead atoms. The molecule has 1 heterocycles. The highest BCUT2D eigenvalue weighted by Gasteiger charge is 2.41. The molecule has 0 unspecified atom stereocenters. The van der Waals surface area contributed by atoms with Crippen LogP contribution in [0.5, 0.6) is 0 Å². The smallest absolute Gasteiger partial charge is 0.311 e. The van der Waals surface area contributed by atoms with Gasteiger partial charge >= 0.3 is 5.97 Å². The Morgan fingerprint density at radius 1 is 1.48 bits per heavy atom. The second-order valence-corrected chi connectivity index (χ2v) is 5.75. The first-order valence-corrected chi connectivity index (χ1v) is 6.99. The molecule has 0 saturated heterocycles. The number of H-pyrrole nitrogens is 1. The molecule has 1 aromatic heterocycles. The third-order valence-corrected chi connectivity index (χ3v) is 4.18. The normalized spacial score (nSPS) is 25.3. The molecule has 0 atom stereocenters. The van der Waals surface area contributed by atoms with Gasteiger partial charge in [0.15, 0.2) is 0 Å². The van der Waals surface area contributed by atoms with Gasteiger partial charge in [0.1, 0.15) is 5.69 Å². The molecule has 1 fully saturated rings. The number of hydrogen-bond acceptors (Lipinski definition) is 4. The van der Waals surface area contributed by atoms with Gasteiger partial charge in [0, 0.05) is 12.7 Å². The lowest BCUT2D eigenvalue weighted by Gasteiger charge is -2.35. The Kier molecular flexibility index (Phi) is 4.40. The molecule has 1 aliphatic rings. The van der Waals surface area contributed by atoms with Gasteiger partial charge in [-0.05, 0) is 31.6 Å². The fourth-order valence-electron chi connectivity index (χ4n) is 2.59. The van der Waals surface area contributed by atoms with Gasteiger partial charge in [-0.15, -0.1) is 0 Å². The molecule has 7 nitrogen and oxygen atoms in total. The molecule has 0 aromatic carbocycles. The van der Waals surface area contributed by atoms with Gasteiger partial charge in [-0.3, -0.25) is 14.4 Å². The van der Waals surface area contributed by atoms with Crippen LogP contribution in [0.15, 0.2) is 17.2 Å². The molecule has 0 aliphatic heterocycles. The molecule has 1 aromatic rings. The molecule has 1 aliphatic carbocycles.